The number of hydrogen-bond donors (Lipinski definition) is 2. The molecule has 1 aromatic heterocycles. The summed E-state index contributed by atoms with van der Waals surface area (Å²) in [5.74, 6) is 0.486. The van der Waals surface area contributed by atoms with Crippen molar-refractivity contribution in [2.75, 3.05) is 20.7 Å². The lowest BCUT2D eigenvalue weighted by atomic mass is 9.89. The fraction of sp³-hybridized carbons (Fsp3) is 0.714. The molecule has 0 aliphatic heterocycles. The largest absolute Gasteiger partial charge is 0.434 e. The number of methoxy groups -OCH3 is 1. The van der Waals surface area contributed by atoms with E-state index in [1.54, 1.807) is 14.2 Å². The Kier molecular flexibility index (Phi) is 6.82. The third kappa shape index (κ3) is 6.34. The molecule has 1 unspecified atom stereocenters. The van der Waals surface area contributed by atoms with Crippen molar-refractivity contribution in [2.45, 2.75) is 39.6 Å². The number of hydrogen-bond acceptors (Lipinski definition) is 4. The van der Waals surface area contributed by atoms with Gasteiger partial charge in [0.2, 0.25) is 0 Å². The van der Waals surface area contributed by atoms with Gasteiger partial charge in [0.15, 0.2) is 11.7 Å². The highest BCUT2D eigenvalue weighted by molar-refractivity contribution is 7.09. The van der Waals surface area contributed by atoms with E-state index in [9.17, 15) is 13.2 Å². The third-order valence-corrected chi connectivity index (χ3v) is 4.03. The van der Waals surface area contributed by atoms with Gasteiger partial charge in [-0.05, 0) is 5.41 Å². The van der Waals surface area contributed by atoms with Gasteiger partial charge in [-0.3, -0.25) is 4.99 Å². The van der Waals surface area contributed by atoms with Gasteiger partial charge in [-0.15, -0.1) is 11.3 Å². The Balaban J connectivity index is 2.53. The molecule has 0 fully saturated rings. The summed E-state index contributed by atoms with van der Waals surface area (Å²) in [6.07, 6.45) is -4.44. The lowest BCUT2D eigenvalue weighted by Gasteiger charge is -2.30. The zero-order valence-corrected chi connectivity index (χ0v) is 14.7. The number of nitrogens with one attached hydrogen (secondary N) is 2. The Morgan fingerprint density at radius 1 is 1.35 bits per heavy atom. The second-order valence-electron chi connectivity index (χ2n) is 6.02. The average molecular weight is 352 g/mol. The van der Waals surface area contributed by atoms with Gasteiger partial charge in [-0.2, -0.15) is 13.2 Å². The summed E-state index contributed by atoms with van der Waals surface area (Å²) in [7, 11) is 3.24. The monoisotopic (exact) mass is 352 g/mol. The molecule has 0 radical (unpaired) electrons. The Hall–Kier alpha value is -1.35. The highest BCUT2D eigenvalue weighted by Crippen LogP contribution is 2.29. The molecule has 1 rings (SSSR count). The van der Waals surface area contributed by atoms with E-state index in [1.165, 1.54) is 0 Å². The minimum Gasteiger partial charge on any atom is -0.379 e. The molecule has 0 bridgehead atoms. The smallest absolute Gasteiger partial charge is 0.379 e. The molecular weight excluding hydrogens is 329 g/mol. The summed E-state index contributed by atoms with van der Waals surface area (Å²) in [6.45, 7) is 6.90. The average Bonchev–Trinajstić information content (AvgIpc) is 2.90. The lowest BCUT2D eigenvalue weighted by Crippen LogP contribution is -2.45. The van der Waals surface area contributed by atoms with E-state index in [0.29, 0.717) is 17.5 Å². The minimum absolute atomic E-state index is 0.0299. The van der Waals surface area contributed by atoms with Crippen LogP contribution in [0.3, 0.4) is 0 Å². The molecule has 132 valence electrons. The molecule has 0 saturated carbocycles. The second kappa shape index (κ2) is 7.96. The summed E-state index contributed by atoms with van der Waals surface area (Å²) in [5.41, 5.74) is -0.910. The first-order chi connectivity index (χ1) is 10.6. The summed E-state index contributed by atoms with van der Waals surface area (Å²) in [6, 6.07) is 0. The van der Waals surface area contributed by atoms with E-state index in [-0.39, 0.29) is 18.1 Å². The van der Waals surface area contributed by atoms with E-state index >= 15 is 0 Å². The van der Waals surface area contributed by atoms with Crippen LogP contribution in [0.4, 0.5) is 13.2 Å². The van der Waals surface area contributed by atoms with Gasteiger partial charge in [0.25, 0.3) is 0 Å². The van der Waals surface area contributed by atoms with E-state index in [4.69, 9.17) is 4.74 Å². The van der Waals surface area contributed by atoms with Gasteiger partial charge in [-0.1, -0.05) is 20.8 Å². The molecule has 23 heavy (non-hydrogen) atoms. The van der Waals surface area contributed by atoms with Crippen LogP contribution in [0.25, 0.3) is 0 Å². The predicted molar refractivity (Wildman–Crippen MR) is 85.6 cm³/mol. The fourth-order valence-corrected chi connectivity index (χ4v) is 2.58. The van der Waals surface area contributed by atoms with Gasteiger partial charge < -0.3 is 15.4 Å². The van der Waals surface area contributed by atoms with Gasteiger partial charge in [-0.25, -0.2) is 4.98 Å². The SMILES string of the molecule is CN=C(NCc1nc(C(F)(F)F)cs1)NCC(OC)C(C)(C)C. The van der Waals surface area contributed by atoms with Gasteiger partial charge >= 0.3 is 6.18 Å². The Labute approximate surface area is 138 Å². The highest BCUT2D eigenvalue weighted by Gasteiger charge is 2.33. The van der Waals surface area contributed by atoms with Gasteiger partial charge in [0, 0.05) is 26.1 Å². The molecule has 9 heteroatoms. The maximum atomic E-state index is 12.5. The molecule has 2 N–H and O–H groups in total. The Morgan fingerprint density at radius 2 is 2.00 bits per heavy atom. The zero-order valence-electron chi connectivity index (χ0n) is 13.9. The maximum Gasteiger partial charge on any atom is 0.434 e. The number of rotatable bonds is 5. The number of alkyl halides is 3. The first kappa shape index (κ1) is 19.7. The van der Waals surface area contributed by atoms with E-state index in [2.05, 4.69) is 41.4 Å². The second-order valence-corrected chi connectivity index (χ2v) is 6.96. The highest BCUT2D eigenvalue weighted by atomic mass is 32.1. The van der Waals surface area contributed by atoms with E-state index in [1.807, 2.05) is 0 Å². The van der Waals surface area contributed by atoms with Gasteiger partial charge in [0.05, 0.1) is 12.6 Å². The number of nitrogens with zero attached hydrogens (tertiary/aromatic N) is 2. The minimum atomic E-state index is -4.41. The number of guanidine groups is 1. The lowest BCUT2D eigenvalue weighted by molar-refractivity contribution is -0.140. The molecule has 1 aromatic rings. The van der Waals surface area contributed by atoms with Crippen molar-refractivity contribution in [1.82, 2.24) is 15.6 Å². The van der Waals surface area contributed by atoms with E-state index in [0.717, 1.165) is 16.7 Å². The number of aromatic nitrogens is 1. The van der Waals surface area contributed by atoms with Crippen molar-refractivity contribution in [3.8, 4) is 0 Å². The molecule has 0 aliphatic rings. The number of halogens is 3. The molecule has 5 nitrogen and oxygen atoms in total. The van der Waals surface area contributed by atoms with Crippen LogP contribution in [0.1, 0.15) is 31.5 Å². The van der Waals surface area contributed by atoms with Crippen molar-refractivity contribution in [1.29, 1.82) is 0 Å². The van der Waals surface area contributed by atoms with Crippen LogP contribution < -0.4 is 10.6 Å². The topological polar surface area (TPSA) is 58.5 Å². The number of ether oxygens (including phenoxy) is 1. The summed E-state index contributed by atoms with van der Waals surface area (Å²) in [4.78, 5) is 7.60. The van der Waals surface area contributed by atoms with Crippen LogP contribution in [0, 0.1) is 5.41 Å². The van der Waals surface area contributed by atoms with Gasteiger partial charge in [0.1, 0.15) is 5.01 Å². The summed E-state index contributed by atoms with van der Waals surface area (Å²) < 4.78 is 42.9. The molecule has 0 spiro atoms. The van der Waals surface area contributed by atoms with Crippen molar-refractivity contribution in [3.63, 3.8) is 0 Å². The quantitative estimate of drug-likeness (QED) is 0.632. The molecule has 0 aromatic carbocycles. The van der Waals surface area contributed by atoms with Crippen LogP contribution >= 0.6 is 11.3 Å². The first-order valence-electron chi connectivity index (χ1n) is 7.07. The van der Waals surface area contributed by atoms with Crippen LogP contribution in [0.15, 0.2) is 10.4 Å². The van der Waals surface area contributed by atoms with Crippen LogP contribution in [-0.4, -0.2) is 37.7 Å². The van der Waals surface area contributed by atoms with Crippen molar-refractivity contribution in [2.24, 2.45) is 10.4 Å². The number of aliphatic imine (C=N–C) groups is 1. The molecular formula is C14H23F3N4OS. The fourth-order valence-electron chi connectivity index (χ4n) is 1.83. The molecule has 0 saturated heterocycles. The summed E-state index contributed by atoms with van der Waals surface area (Å²) in [5, 5.41) is 7.40. The van der Waals surface area contributed by atoms with Crippen LogP contribution in [-0.2, 0) is 17.5 Å². The van der Waals surface area contributed by atoms with E-state index < -0.39 is 11.9 Å². The Morgan fingerprint density at radius 3 is 2.43 bits per heavy atom. The normalized spacial score (nSPS) is 14.7. The first-order valence-corrected chi connectivity index (χ1v) is 7.94. The molecule has 0 amide bonds. The number of thiazole rings is 1. The molecule has 0 aliphatic carbocycles. The maximum absolute atomic E-state index is 12.5. The zero-order chi connectivity index (χ0) is 17.7. The third-order valence-electron chi connectivity index (χ3n) is 3.18. The standard InChI is InChI=1S/C14H23F3N4OS/c1-13(2,3)10(22-5)6-19-12(18-4)20-7-11-21-9(8-23-11)14(15,16)17/h8,10H,6-7H2,1-5H3,(H2,18,19,20). The predicted octanol–water partition coefficient (Wildman–Crippen LogP) is 2.89. The molecule has 1 atom stereocenters. The van der Waals surface area contributed by atoms with Crippen molar-refractivity contribution < 1.29 is 17.9 Å². The van der Waals surface area contributed by atoms with Crippen molar-refractivity contribution >= 4 is 17.3 Å². The van der Waals surface area contributed by atoms with Crippen molar-refractivity contribution in [3.05, 3.63) is 16.1 Å². The Bertz CT molecular complexity index is 523. The summed E-state index contributed by atoms with van der Waals surface area (Å²) >= 11 is 0.961. The molecule has 1 heterocycles. The van der Waals surface area contributed by atoms with Crippen LogP contribution in [0.5, 0.6) is 0 Å². The van der Waals surface area contributed by atoms with Crippen LogP contribution in [0.2, 0.25) is 0 Å².